The Hall–Kier alpha value is -11.3. The lowest BCUT2D eigenvalue weighted by Gasteiger charge is -2.14. The second kappa shape index (κ2) is 18.7. The predicted octanol–water partition coefficient (Wildman–Crippen LogP) is 19.2. The molecule has 7 nitrogen and oxygen atoms in total. The average molecular weight is 1060 g/mol. The third kappa shape index (κ3) is 7.74. The number of rotatable bonds is 7. The first-order valence-corrected chi connectivity index (χ1v) is 28.0. The third-order valence-corrected chi connectivity index (χ3v) is 16.7. The van der Waals surface area contributed by atoms with Crippen molar-refractivity contribution in [3.63, 3.8) is 0 Å². The van der Waals surface area contributed by atoms with E-state index in [0.717, 1.165) is 138 Å². The van der Waals surface area contributed by atoms with Gasteiger partial charge in [-0.1, -0.05) is 206 Å². The smallest absolute Gasteiger partial charge is 0.235 e. The lowest BCUT2D eigenvalue weighted by Crippen LogP contribution is -2.04. The molecule has 0 spiro atoms. The maximum atomic E-state index is 5.48. The second-order valence-electron chi connectivity index (χ2n) is 21.4. The molecule has 83 heavy (non-hydrogen) atoms. The van der Waals surface area contributed by atoms with Crippen LogP contribution in [0.25, 0.3) is 171 Å². The maximum absolute atomic E-state index is 5.48. The van der Waals surface area contributed by atoms with Gasteiger partial charge in [0.05, 0.1) is 55.9 Å². The van der Waals surface area contributed by atoms with Crippen LogP contribution in [0.5, 0.6) is 0 Å². The minimum absolute atomic E-state index is 0.598. The minimum atomic E-state index is 0.598. The minimum Gasteiger partial charge on any atom is -0.278 e. The highest BCUT2D eigenvalue weighted by atomic mass is 15.2. The molecule has 6 aromatic heterocycles. The monoisotopic (exact) mass is 1060 g/mol. The number of hydrogen-bond acceptors (Lipinski definition) is 6. The molecule has 17 aromatic rings. The lowest BCUT2D eigenvalue weighted by atomic mass is 9.91. The van der Waals surface area contributed by atoms with Gasteiger partial charge in [0.15, 0.2) is 0 Å². The Morgan fingerprint density at radius 1 is 0.217 bits per heavy atom. The van der Waals surface area contributed by atoms with Gasteiger partial charge in [-0.25, -0.2) is 19.9 Å². The molecule has 0 N–H and O–H groups in total. The van der Waals surface area contributed by atoms with Crippen LogP contribution < -0.4 is 0 Å². The van der Waals surface area contributed by atoms with Crippen molar-refractivity contribution in [2.45, 2.75) is 0 Å². The third-order valence-electron chi connectivity index (χ3n) is 16.7. The van der Waals surface area contributed by atoms with E-state index in [1.807, 2.05) is 36.7 Å². The molecule has 0 aliphatic heterocycles. The van der Waals surface area contributed by atoms with E-state index in [2.05, 4.69) is 241 Å². The molecule has 6 heterocycles. The summed E-state index contributed by atoms with van der Waals surface area (Å²) in [4.78, 5) is 30.7. The standard InChI is InChI=1S/C76H45N7/c1-3-11-48(12-4-1)68-45-69(49-13-5-2-6-14-49)82-76(81-68)83-70-42-57(47-21-25-51(26-22-47)67-38-34-55-30-28-53-16-10-40-78-73(53)75(55)80-67)32-36-61(70)65-43-63-59-18-8-7-17-58(59)62-41-56(31-35-60(62)64(63)44-71(65)83)46-19-23-50(24-20-46)66-37-33-54-29-27-52-15-9-39-77-72(52)74(54)79-66/h1-45H. The number of hydrogen-bond donors (Lipinski definition) is 0. The summed E-state index contributed by atoms with van der Waals surface area (Å²) in [6.45, 7) is 0. The Labute approximate surface area is 476 Å². The van der Waals surface area contributed by atoms with Crippen LogP contribution in [0, 0.1) is 0 Å². The van der Waals surface area contributed by atoms with E-state index < -0.39 is 0 Å². The van der Waals surface area contributed by atoms with Crippen LogP contribution in [-0.2, 0) is 0 Å². The summed E-state index contributed by atoms with van der Waals surface area (Å²) < 4.78 is 2.29. The van der Waals surface area contributed by atoms with Crippen molar-refractivity contribution in [3.05, 3.63) is 273 Å². The van der Waals surface area contributed by atoms with Crippen molar-refractivity contribution < 1.29 is 0 Å². The first kappa shape index (κ1) is 46.6. The predicted molar refractivity (Wildman–Crippen MR) is 343 cm³/mol. The van der Waals surface area contributed by atoms with Crippen molar-refractivity contribution in [1.29, 1.82) is 0 Å². The van der Waals surface area contributed by atoms with Gasteiger partial charge in [-0.05, 0) is 109 Å². The van der Waals surface area contributed by atoms with E-state index in [0.29, 0.717) is 5.95 Å². The molecule has 0 amide bonds. The number of aromatic nitrogens is 7. The van der Waals surface area contributed by atoms with Gasteiger partial charge < -0.3 is 0 Å². The Morgan fingerprint density at radius 2 is 0.627 bits per heavy atom. The molecule has 0 bridgehead atoms. The van der Waals surface area contributed by atoms with E-state index in [1.165, 1.54) is 26.9 Å². The van der Waals surface area contributed by atoms with Gasteiger partial charge in [0.25, 0.3) is 0 Å². The molecule has 0 radical (unpaired) electrons. The Kier molecular flexibility index (Phi) is 10.5. The van der Waals surface area contributed by atoms with Gasteiger partial charge in [-0.15, -0.1) is 0 Å². The number of fused-ring (bicyclic) bond motifs is 15. The molecule has 0 unspecified atom stereocenters. The Bertz CT molecular complexity index is 5430. The highest BCUT2D eigenvalue weighted by molar-refractivity contribution is 6.29. The van der Waals surface area contributed by atoms with Crippen LogP contribution in [0.4, 0.5) is 0 Å². The normalized spacial score (nSPS) is 11.9. The molecule has 0 aliphatic rings. The van der Waals surface area contributed by atoms with Crippen LogP contribution >= 0.6 is 0 Å². The largest absolute Gasteiger partial charge is 0.278 e. The number of pyridine rings is 4. The number of benzene rings is 11. The van der Waals surface area contributed by atoms with Gasteiger partial charge in [0.1, 0.15) is 0 Å². The molecule has 0 saturated carbocycles. The van der Waals surface area contributed by atoms with Crippen molar-refractivity contribution >= 4 is 97.7 Å². The molecule has 17 rings (SSSR count). The van der Waals surface area contributed by atoms with E-state index in [9.17, 15) is 0 Å². The van der Waals surface area contributed by atoms with Gasteiger partial charge >= 0.3 is 0 Å². The molecule has 11 aromatic carbocycles. The summed E-state index contributed by atoms with van der Waals surface area (Å²) in [6.07, 6.45) is 3.67. The van der Waals surface area contributed by atoms with Gasteiger partial charge in [-0.3, -0.25) is 14.5 Å². The summed E-state index contributed by atoms with van der Waals surface area (Å²) in [7, 11) is 0. The van der Waals surface area contributed by atoms with Crippen LogP contribution in [0.1, 0.15) is 0 Å². The first-order chi connectivity index (χ1) is 41.1. The topological polar surface area (TPSA) is 82.3 Å². The maximum Gasteiger partial charge on any atom is 0.235 e. The highest BCUT2D eigenvalue weighted by Gasteiger charge is 2.21. The van der Waals surface area contributed by atoms with Crippen LogP contribution in [0.2, 0.25) is 0 Å². The summed E-state index contributed by atoms with van der Waals surface area (Å²) in [6, 6.07) is 93.0. The fourth-order valence-electron chi connectivity index (χ4n) is 12.5. The van der Waals surface area contributed by atoms with E-state index in [1.54, 1.807) is 0 Å². The van der Waals surface area contributed by atoms with Crippen molar-refractivity contribution in [1.82, 2.24) is 34.5 Å². The average Bonchev–Trinajstić information content (AvgIpc) is 2.43. The van der Waals surface area contributed by atoms with Gasteiger partial charge in [0.2, 0.25) is 5.95 Å². The van der Waals surface area contributed by atoms with Crippen molar-refractivity contribution in [3.8, 4) is 73.2 Å². The molecule has 7 heteroatoms. The summed E-state index contributed by atoms with van der Waals surface area (Å²) >= 11 is 0. The summed E-state index contributed by atoms with van der Waals surface area (Å²) in [5.74, 6) is 0.598. The SMILES string of the molecule is c1ccc(-c2cc(-c3ccccc3)nc(-n3c4cc(-c5ccc(-c6ccc7ccc8cccnc8c7n6)cc5)ccc4c4cc5c6ccccc6c6cc(-c7ccc(-c8ccc9ccc%10cccnc%10c9n8)cc7)ccc6c5cc43)n2)cc1. The molecule has 0 aliphatic carbocycles. The highest BCUT2D eigenvalue weighted by Crippen LogP contribution is 2.43. The van der Waals surface area contributed by atoms with E-state index >= 15 is 0 Å². The number of nitrogens with zero attached hydrogens (tertiary/aromatic N) is 7. The summed E-state index contributed by atoms with van der Waals surface area (Å²) in [5.41, 5.74) is 17.8. The molecule has 0 atom stereocenters. The molecular formula is C76H45N7. The van der Waals surface area contributed by atoms with E-state index in [-0.39, 0.29) is 0 Å². The lowest BCUT2D eigenvalue weighted by molar-refractivity contribution is 0.996. The van der Waals surface area contributed by atoms with Gasteiger partial charge in [-0.2, -0.15) is 0 Å². The molecular weight excluding hydrogens is 1010 g/mol. The molecule has 0 saturated heterocycles. The van der Waals surface area contributed by atoms with E-state index in [4.69, 9.17) is 29.9 Å². The zero-order valence-corrected chi connectivity index (χ0v) is 44.6. The Morgan fingerprint density at radius 3 is 1.18 bits per heavy atom. The quantitative estimate of drug-likeness (QED) is 0.148. The van der Waals surface area contributed by atoms with Crippen LogP contribution in [0.15, 0.2) is 273 Å². The zero-order valence-electron chi connectivity index (χ0n) is 44.6. The molecule has 0 fully saturated rings. The second-order valence-corrected chi connectivity index (χ2v) is 21.4. The zero-order chi connectivity index (χ0) is 54.5. The fraction of sp³-hybridized carbons (Fsp3) is 0. The fourth-order valence-corrected chi connectivity index (χ4v) is 12.5. The molecule has 384 valence electrons. The van der Waals surface area contributed by atoms with Crippen LogP contribution in [0.3, 0.4) is 0 Å². The summed E-state index contributed by atoms with van der Waals surface area (Å²) in [5, 5.41) is 13.7. The van der Waals surface area contributed by atoms with Gasteiger partial charge in [0, 0.05) is 67.0 Å². The van der Waals surface area contributed by atoms with Crippen LogP contribution in [-0.4, -0.2) is 34.5 Å². The van der Waals surface area contributed by atoms with Crippen molar-refractivity contribution in [2.75, 3.05) is 0 Å². The van der Waals surface area contributed by atoms with Crippen molar-refractivity contribution in [2.24, 2.45) is 0 Å². The Balaban J connectivity index is 0.837. The first-order valence-electron chi connectivity index (χ1n) is 28.0.